The average Bonchev–Trinajstić information content (AvgIpc) is 2.70. The molecule has 4 atom stereocenters. The van der Waals surface area contributed by atoms with Crippen LogP contribution in [0, 0.1) is 18.3 Å². The molecule has 28 heavy (non-hydrogen) atoms. The summed E-state index contributed by atoms with van der Waals surface area (Å²) in [5.74, 6) is 1.60. The van der Waals surface area contributed by atoms with E-state index < -0.39 is 0 Å². The van der Waals surface area contributed by atoms with Gasteiger partial charge in [-0.2, -0.15) is 0 Å². The van der Waals surface area contributed by atoms with Crippen LogP contribution in [0.4, 0.5) is 0 Å². The lowest BCUT2D eigenvalue weighted by molar-refractivity contribution is -0.251. The van der Waals surface area contributed by atoms with Gasteiger partial charge in [0.1, 0.15) is 5.75 Å². The van der Waals surface area contributed by atoms with Crippen LogP contribution in [0.1, 0.15) is 62.6 Å². The first-order chi connectivity index (χ1) is 13.3. The minimum Gasteiger partial charge on any atom is -0.496 e. The predicted octanol–water partition coefficient (Wildman–Crippen LogP) is 4.01. The van der Waals surface area contributed by atoms with Gasteiger partial charge in [-0.25, -0.2) is 0 Å². The number of aryl methyl sites for hydroxylation is 1. The minimum absolute atomic E-state index is 0.154. The van der Waals surface area contributed by atoms with Gasteiger partial charge in [0.2, 0.25) is 5.91 Å². The quantitative estimate of drug-likeness (QED) is 0.792. The van der Waals surface area contributed by atoms with Crippen LogP contribution < -0.4 is 4.74 Å². The van der Waals surface area contributed by atoms with Crippen molar-refractivity contribution in [3.8, 4) is 5.75 Å². The number of likely N-dealkylation sites (tertiary alicyclic amines) is 1. The number of amides is 1. The number of rotatable bonds is 3. The van der Waals surface area contributed by atoms with Crippen LogP contribution in [0.2, 0.25) is 0 Å². The van der Waals surface area contributed by atoms with Crippen molar-refractivity contribution in [2.45, 2.75) is 82.9 Å². The van der Waals surface area contributed by atoms with Crippen LogP contribution in [-0.2, 0) is 21.4 Å². The number of nitrogens with zero attached hydrogens (tertiary/aromatic N) is 1. The van der Waals surface area contributed by atoms with E-state index in [1.165, 1.54) is 16.7 Å². The zero-order valence-corrected chi connectivity index (χ0v) is 17.9. The van der Waals surface area contributed by atoms with Crippen molar-refractivity contribution in [2.75, 3.05) is 14.2 Å². The van der Waals surface area contributed by atoms with Crippen LogP contribution in [0.3, 0.4) is 0 Å². The van der Waals surface area contributed by atoms with E-state index in [2.05, 4.69) is 37.8 Å². The van der Waals surface area contributed by atoms with Gasteiger partial charge in [-0.3, -0.25) is 4.79 Å². The van der Waals surface area contributed by atoms with Crippen LogP contribution in [-0.4, -0.2) is 43.2 Å². The van der Waals surface area contributed by atoms with Gasteiger partial charge in [-0.05, 0) is 68.2 Å². The Morgan fingerprint density at radius 3 is 2.46 bits per heavy atom. The second-order valence-corrected chi connectivity index (χ2v) is 9.99. The molecule has 1 aromatic rings. The van der Waals surface area contributed by atoms with Crippen LogP contribution >= 0.6 is 0 Å². The molecule has 152 valence electrons. The molecule has 3 fully saturated rings. The Morgan fingerprint density at radius 2 is 1.82 bits per heavy atom. The van der Waals surface area contributed by atoms with E-state index in [1.807, 2.05) is 0 Å². The van der Waals surface area contributed by atoms with Gasteiger partial charge in [-0.1, -0.05) is 19.9 Å². The first-order valence-electron chi connectivity index (χ1n) is 10.9. The third-order valence-electron chi connectivity index (χ3n) is 9.09. The Morgan fingerprint density at radius 1 is 1.11 bits per heavy atom. The van der Waals surface area contributed by atoms with Crippen molar-refractivity contribution in [3.63, 3.8) is 0 Å². The van der Waals surface area contributed by atoms with Gasteiger partial charge in [0.05, 0.1) is 13.2 Å². The molecular weight excluding hydrogens is 350 g/mol. The molecule has 1 aromatic carbocycles. The number of hydrogen-bond donors (Lipinski definition) is 0. The molecule has 1 amide bonds. The fourth-order valence-corrected chi connectivity index (χ4v) is 7.09. The summed E-state index contributed by atoms with van der Waals surface area (Å²) >= 11 is 0. The molecule has 0 aromatic heterocycles. The van der Waals surface area contributed by atoms with E-state index in [9.17, 15) is 4.79 Å². The SMILES string of the molecule is COc1cc2c(cc1C)C[C@@H]1N(C(=O)C3CCC(OC)CC3)C3C[C@@]2(C)C31C. The van der Waals surface area contributed by atoms with Crippen molar-refractivity contribution in [3.05, 3.63) is 28.8 Å². The zero-order valence-electron chi connectivity index (χ0n) is 17.9. The molecule has 4 heteroatoms. The first-order valence-corrected chi connectivity index (χ1v) is 10.9. The van der Waals surface area contributed by atoms with E-state index in [4.69, 9.17) is 9.47 Å². The van der Waals surface area contributed by atoms with Crippen molar-refractivity contribution in [1.82, 2.24) is 4.90 Å². The molecule has 1 saturated heterocycles. The summed E-state index contributed by atoms with van der Waals surface area (Å²) in [6.07, 6.45) is 6.42. The molecule has 0 bridgehead atoms. The molecule has 1 aliphatic heterocycles. The summed E-state index contributed by atoms with van der Waals surface area (Å²) in [6, 6.07) is 5.34. The van der Waals surface area contributed by atoms with Crippen molar-refractivity contribution in [2.24, 2.45) is 11.3 Å². The van der Waals surface area contributed by atoms with Gasteiger partial charge in [0, 0.05) is 35.9 Å². The lowest BCUT2D eigenvalue weighted by atomic mass is 9.35. The Labute approximate surface area is 168 Å². The van der Waals surface area contributed by atoms with Gasteiger partial charge in [-0.15, -0.1) is 0 Å². The summed E-state index contributed by atoms with van der Waals surface area (Å²) in [6.45, 7) is 6.96. The molecule has 0 N–H and O–H groups in total. The minimum atomic E-state index is 0.154. The van der Waals surface area contributed by atoms with Gasteiger partial charge in [0.15, 0.2) is 0 Å². The molecular formula is C24H33NO3. The number of ether oxygens (including phenoxy) is 2. The summed E-state index contributed by atoms with van der Waals surface area (Å²) in [4.78, 5) is 15.8. The lowest BCUT2D eigenvalue weighted by Gasteiger charge is -2.80. The smallest absolute Gasteiger partial charge is 0.226 e. The monoisotopic (exact) mass is 383 g/mol. The predicted molar refractivity (Wildman–Crippen MR) is 109 cm³/mol. The third-order valence-corrected chi connectivity index (χ3v) is 9.09. The van der Waals surface area contributed by atoms with E-state index in [0.717, 1.165) is 44.3 Å². The molecule has 4 aliphatic rings. The number of benzene rings is 1. The normalized spacial score (nSPS) is 40.7. The Balaban J connectivity index is 1.43. The average molecular weight is 384 g/mol. The molecule has 4 nitrogen and oxygen atoms in total. The number of carbonyl (C=O) groups excluding carboxylic acids is 1. The molecule has 2 unspecified atom stereocenters. The summed E-state index contributed by atoms with van der Waals surface area (Å²) < 4.78 is 11.1. The zero-order chi connectivity index (χ0) is 19.8. The van der Waals surface area contributed by atoms with E-state index >= 15 is 0 Å². The van der Waals surface area contributed by atoms with Crippen molar-refractivity contribution < 1.29 is 14.3 Å². The van der Waals surface area contributed by atoms with Gasteiger partial charge >= 0.3 is 0 Å². The maximum atomic E-state index is 13.5. The lowest BCUT2D eigenvalue weighted by Crippen LogP contribution is -2.87. The third kappa shape index (κ3) is 2.08. The molecule has 0 spiro atoms. The molecule has 1 heterocycles. The van der Waals surface area contributed by atoms with Gasteiger partial charge < -0.3 is 14.4 Å². The highest BCUT2D eigenvalue weighted by Gasteiger charge is 2.77. The highest BCUT2D eigenvalue weighted by Crippen LogP contribution is 2.72. The van der Waals surface area contributed by atoms with E-state index in [1.54, 1.807) is 14.2 Å². The number of piperidine rings is 1. The maximum absolute atomic E-state index is 13.5. The molecule has 5 rings (SSSR count). The standard InChI is InChI=1S/C24H33NO3/c1-14-10-16-11-20-24(3)21(13-23(24,2)18(16)12-19(14)28-5)25(20)22(26)15-6-8-17(27-4)9-7-15/h10,12,15,17,20-21H,6-9,11,13H2,1-5H3/t15?,17?,20-,21?,23+,24?/m0/s1. The fraction of sp³-hybridized carbons (Fsp3) is 0.708. The van der Waals surface area contributed by atoms with Crippen LogP contribution in [0.5, 0.6) is 5.75 Å². The number of hydrogen-bond acceptors (Lipinski definition) is 3. The summed E-state index contributed by atoms with van der Waals surface area (Å²) in [5.41, 5.74) is 4.43. The van der Waals surface area contributed by atoms with E-state index in [0.29, 0.717) is 24.1 Å². The first kappa shape index (κ1) is 18.5. The van der Waals surface area contributed by atoms with Crippen LogP contribution in [0.25, 0.3) is 0 Å². The highest BCUT2D eigenvalue weighted by atomic mass is 16.5. The summed E-state index contributed by atoms with van der Waals surface area (Å²) in [5, 5.41) is 0. The topological polar surface area (TPSA) is 38.8 Å². The Kier molecular flexibility index (Phi) is 3.94. The molecule has 0 radical (unpaired) electrons. The molecule has 2 saturated carbocycles. The second kappa shape index (κ2) is 5.98. The number of fused-ring (bicyclic) bond motifs is 2. The van der Waals surface area contributed by atoms with E-state index in [-0.39, 0.29) is 16.7 Å². The largest absolute Gasteiger partial charge is 0.496 e. The van der Waals surface area contributed by atoms with Gasteiger partial charge in [0.25, 0.3) is 0 Å². The summed E-state index contributed by atoms with van der Waals surface area (Å²) in [7, 11) is 3.55. The van der Waals surface area contributed by atoms with Crippen molar-refractivity contribution >= 4 is 5.91 Å². The van der Waals surface area contributed by atoms with Crippen LogP contribution in [0.15, 0.2) is 12.1 Å². The Bertz CT molecular complexity index is 827. The Hall–Kier alpha value is -1.55. The molecule has 3 aliphatic carbocycles. The second-order valence-electron chi connectivity index (χ2n) is 9.99. The van der Waals surface area contributed by atoms with Crippen molar-refractivity contribution in [1.29, 1.82) is 0 Å². The number of methoxy groups -OCH3 is 2. The number of carbonyl (C=O) groups is 1. The fourth-order valence-electron chi connectivity index (χ4n) is 7.09. The maximum Gasteiger partial charge on any atom is 0.226 e. The highest BCUT2D eigenvalue weighted by molar-refractivity contribution is 5.82.